The molecule has 1 amide bonds. The average Bonchev–Trinajstić information content (AvgIpc) is 2.93. The smallest absolute Gasteiger partial charge is 0.224 e. The van der Waals surface area contributed by atoms with Crippen LogP contribution in [0.25, 0.3) is 0 Å². The van der Waals surface area contributed by atoms with E-state index in [2.05, 4.69) is 34.5 Å². The predicted octanol–water partition coefficient (Wildman–Crippen LogP) is 3.05. The number of amides is 1. The lowest BCUT2D eigenvalue weighted by molar-refractivity contribution is -0.116. The van der Waals surface area contributed by atoms with Crippen LogP contribution in [0.5, 0.6) is 0 Å². The molecule has 114 valence electrons. The largest absolute Gasteiger partial charge is 0.399 e. The van der Waals surface area contributed by atoms with Crippen LogP contribution in [0.3, 0.4) is 0 Å². The molecule has 0 aromatic heterocycles. The number of benzene rings is 2. The van der Waals surface area contributed by atoms with Gasteiger partial charge < -0.3 is 16.0 Å². The third kappa shape index (κ3) is 3.39. The summed E-state index contributed by atoms with van der Waals surface area (Å²) in [5.41, 5.74) is 9.86. The van der Waals surface area contributed by atoms with Crippen molar-refractivity contribution in [1.29, 1.82) is 0 Å². The standard InChI is InChI=1S/C18H21N3O/c19-15-7-9-16(10-8-15)20-18(22)6-3-12-21-13-11-14-4-1-2-5-17(14)21/h1-2,4-5,7-10H,3,6,11-13,19H2,(H,20,22). The normalized spacial score (nSPS) is 13.0. The van der Waals surface area contributed by atoms with Crippen LogP contribution in [0, 0.1) is 0 Å². The Balaban J connectivity index is 1.45. The molecule has 22 heavy (non-hydrogen) atoms. The summed E-state index contributed by atoms with van der Waals surface area (Å²) in [6.45, 7) is 1.98. The number of carbonyl (C=O) groups is 1. The van der Waals surface area contributed by atoms with E-state index in [0.29, 0.717) is 12.1 Å². The van der Waals surface area contributed by atoms with Gasteiger partial charge in [-0.3, -0.25) is 4.79 Å². The van der Waals surface area contributed by atoms with Gasteiger partial charge in [-0.1, -0.05) is 18.2 Å². The molecule has 2 aromatic rings. The molecule has 0 radical (unpaired) electrons. The van der Waals surface area contributed by atoms with E-state index < -0.39 is 0 Å². The Morgan fingerprint density at radius 2 is 1.91 bits per heavy atom. The topological polar surface area (TPSA) is 58.4 Å². The average molecular weight is 295 g/mol. The zero-order valence-electron chi connectivity index (χ0n) is 12.6. The molecule has 4 heteroatoms. The van der Waals surface area contributed by atoms with Crippen molar-refractivity contribution in [3.05, 3.63) is 54.1 Å². The van der Waals surface area contributed by atoms with Crippen LogP contribution in [0.1, 0.15) is 18.4 Å². The Bertz CT molecular complexity index is 652. The molecular weight excluding hydrogens is 274 g/mol. The molecule has 0 bridgehead atoms. The van der Waals surface area contributed by atoms with Crippen LogP contribution in [-0.4, -0.2) is 19.0 Å². The second-order valence-corrected chi connectivity index (χ2v) is 5.64. The molecule has 3 rings (SSSR count). The second kappa shape index (κ2) is 6.52. The molecule has 0 saturated heterocycles. The van der Waals surface area contributed by atoms with Gasteiger partial charge in [0.1, 0.15) is 0 Å². The minimum atomic E-state index is 0.0530. The number of nitrogens with two attached hydrogens (primary N) is 1. The van der Waals surface area contributed by atoms with Crippen molar-refractivity contribution in [2.75, 3.05) is 29.0 Å². The number of para-hydroxylation sites is 1. The fraction of sp³-hybridized carbons (Fsp3) is 0.278. The Kier molecular flexibility index (Phi) is 4.28. The first-order chi connectivity index (χ1) is 10.7. The van der Waals surface area contributed by atoms with Crippen molar-refractivity contribution < 1.29 is 4.79 Å². The van der Waals surface area contributed by atoms with Gasteiger partial charge in [-0.2, -0.15) is 0 Å². The number of anilines is 3. The van der Waals surface area contributed by atoms with Crippen molar-refractivity contribution in [3.8, 4) is 0 Å². The maximum absolute atomic E-state index is 12.0. The van der Waals surface area contributed by atoms with E-state index in [-0.39, 0.29) is 5.91 Å². The van der Waals surface area contributed by atoms with Gasteiger partial charge in [0, 0.05) is 36.6 Å². The number of nitrogens with one attached hydrogen (secondary N) is 1. The second-order valence-electron chi connectivity index (χ2n) is 5.64. The summed E-state index contributed by atoms with van der Waals surface area (Å²) >= 11 is 0. The molecule has 3 N–H and O–H groups in total. The summed E-state index contributed by atoms with van der Waals surface area (Å²) < 4.78 is 0. The summed E-state index contributed by atoms with van der Waals surface area (Å²) in [6.07, 6.45) is 2.49. The van der Waals surface area contributed by atoms with E-state index in [0.717, 1.165) is 31.6 Å². The summed E-state index contributed by atoms with van der Waals surface area (Å²) in [7, 11) is 0. The summed E-state index contributed by atoms with van der Waals surface area (Å²) in [5.74, 6) is 0.0530. The van der Waals surface area contributed by atoms with Crippen molar-refractivity contribution in [2.24, 2.45) is 0 Å². The molecule has 0 fully saturated rings. The monoisotopic (exact) mass is 295 g/mol. The number of fused-ring (bicyclic) bond motifs is 1. The van der Waals surface area contributed by atoms with Crippen molar-refractivity contribution in [3.63, 3.8) is 0 Å². The Labute approximate surface area is 130 Å². The molecule has 0 unspecified atom stereocenters. The van der Waals surface area contributed by atoms with Gasteiger partial charge in [0.25, 0.3) is 0 Å². The molecule has 4 nitrogen and oxygen atoms in total. The van der Waals surface area contributed by atoms with Crippen LogP contribution in [0.2, 0.25) is 0 Å². The van der Waals surface area contributed by atoms with E-state index in [1.165, 1.54) is 11.3 Å². The number of carbonyl (C=O) groups excluding carboxylic acids is 1. The molecule has 1 aliphatic rings. The van der Waals surface area contributed by atoms with Crippen molar-refractivity contribution >= 4 is 23.0 Å². The third-order valence-corrected chi connectivity index (χ3v) is 4.01. The molecule has 0 saturated carbocycles. The Morgan fingerprint density at radius 3 is 2.73 bits per heavy atom. The first-order valence-corrected chi connectivity index (χ1v) is 7.70. The zero-order chi connectivity index (χ0) is 15.4. The van der Waals surface area contributed by atoms with Gasteiger partial charge in [0.05, 0.1) is 0 Å². The quantitative estimate of drug-likeness (QED) is 0.834. The van der Waals surface area contributed by atoms with Gasteiger partial charge in [-0.25, -0.2) is 0 Å². The number of hydrogen-bond acceptors (Lipinski definition) is 3. The minimum absolute atomic E-state index is 0.0530. The van der Waals surface area contributed by atoms with Gasteiger partial charge in [-0.05, 0) is 48.7 Å². The van der Waals surface area contributed by atoms with E-state index in [1.54, 1.807) is 12.1 Å². The number of rotatable bonds is 5. The molecule has 0 spiro atoms. The van der Waals surface area contributed by atoms with Gasteiger partial charge in [0.2, 0.25) is 5.91 Å². The van der Waals surface area contributed by atoms with Crippen LogP contribution in [0.4, 0.5) is 17.1 Å². The maximum atomic E-state index is 12.0. The van der Waals surface area contributed by atoms with E-state index in [4.69, 9.17) is 5.73 Å². The highest BCUT2D eigenvalue weighted by atomic mass is 16.1. The van der Waals surface area contributed by atoms with E-state index >= 15 is 0 Å². The van der Waals surface area contributed by atoms with Crippen LogP contribution < -0.4 is 16.0 Å². The first kappa shape index (κ1) is 14.4. The molecule has 1 heterocycles. The number of nitrogens with zero attached hydrogens (tertiary/aromatic N) is 1. The molecule has 0 atom stereocenters. The Hall–Kier alpha value is -2.49. The number of hydrogen-bond donors (Lipinski definition) is 2. The van der Waals surface area contributed by atoms with E-state index in [9.17, 15) is 4.79 Å². The minimum Gasteiger partial charge on any atom is -0.399 e. The highest BCUT2D eigenvalue weighted by molar-refractivity contribution is 5.90. The molecule has 2 aromatic carbocycles. The van der Waals surface area contributed by atoms with Crippen LogP contribution >= 0.6 is 0 Å². The van der Waals surface area contributed by atoms with Crippen LogP contribution in [0.15, 0.2) is 48.5 Å². The third-order valence-electron chi connectivity index (χ3n) is 4.01. The SMILES string of the molecule is Nc1ccc(NC(=O)CCCN2CCc3ccccc32)cc1. The number of nitrogen functional groups attached to an aromatic ring is 1. The lowest BCUT2D eigenvalue weighted by Gasteiger charge is -2.19. The lowest BCUT2D eigenvalue weighted by atomic mass is 10.2. The molecule has 1 aliphatic heterocycles. The highest BCUT2D eigenvalue weighted by Gasteiger charge is 2.17. The highest BCUT2D eigenvalue weighted by Crippen LogP contribution is 2.27. The molecular formula is C18H21N3O. The van der Waals surface area contributed by atoms with Crippen molar-refractivity contribution in [1.82, 2.24) is 0 Å². The van der Waals surface area contributed by atoms with Gasteiger partial charge in [-0.15, -0.1) is 0 Å². The van der Waals surface area contributed by atoms with E-state index in [1.807, 2.05) is 12.1 Å². The van der Waals surface area contributed by atoms with Crippen LogP contribution in [-0.2, 0) is 11.2 Å². The predicted molar refractivity (Wildman–Crippen MR) is 91.1 cm³/mol. The summed E-state index contributed by atoms with van der Waals surface area (Å²) in [4.78, 5) is 14.3. The fourth-order valence-electron chi connectivity index (χ4n) is 2.86. The Morgan fingerprint density at radius 1 is 1.14 bits per heavy atom. The maximum Gasteiger partial charge on any atom is 0.224 e. The lowest BCUT2D eigenvalue weighted by Crippen LogP contribution is -2.23. The first-order valence-electron chi connectivity index (χ1n) is 7.70. The fourth-order valence-corrected chi connectivity index (χ4v) is 2.86. The van der Waals surface area contributed by atoms with Gasteiger partial charge >= 0.3 is 0 Å². The zero-order valence-corrected chi connectivity index (χ0v) is 12.6. The summed E-state index contributed by atoms with van der Waals surface area (Å²) in [6, 6.07) is 15.7. The molecule has 0 aliphatic carbocycles. The van der Waals surface area contributed by atoms with Crippen molar-refractivity contribution in [2.45, 2.75) is 19.3 Å². The summed E-state index contributed by atoms with van der Waals surface area (Å²) in [5, 5.41) is 2.90. The van der Waals surface area contributed by atoms with Gasteiger partial charge in [0.15, 0.2) is 0 Å².